The van der Waals surface area contributed by atoms with Crippen LogP contribution < -0.4 is 0 Å². The first-order chi connectivity index (χ1) is 9.29. The summed E-state index contributed by atoms with van der Waals surface area (Å²) in [6, 6.07) is 0. The van der Waals surface area contributed by atoms with E-state index in [1.54, 1.807) is 0 Å². The minimum absolute atomic E-state index is 0.167. The summed E-state index contributed by atoms with van der Waals surface area (Å²) in [5.41, 5.74) is -0.680. The van der Waals surface area contributed by atoms with E-state index in [1.807, 2.05) is 13.8 Å². The summed E-state index contributed by atoms with van der Waals surface area (Å²) in [6.07, 6.45) is 4.27. The molecule has 0 aromatic heterocycles. The number of ether oxygens (including phenoxy) is 1. The van der Waals surface area contributed by atoms with Crippen molar-refractivity contribution in [2.24, 2.45) is 16.7 Å². The van der Waals surface area contributed by atoms with Gasteiger partial charge in [-0.25, -0.2) is 0 Å². The number of Topliss-reactive ketones (excluding diaryl/α,β-unsaturated/α-hetero) is 2. The lowest BCUT2D eigenvalue weighted by Gasteiger charge is -2.34. The molecule has 2 saturated carbocycles. The van der Waals surface area contributed by atoms with E-state index in [2.05, 4.69) is 0 Å². The van der Waals surface area contributed by atoms with Crippen molar-refractivity contribution in [1.82, 2.24) is 0 Å². The normalized spacial score (nSPS) is 30.9. The van der Waals surface area contributed by atoms with Gasteiger partial charge in [0.2, 0.25) is 0 Å². The summed E-state index contributed by atoms with van der Waals surface area (Å²) in [4.78, 5) is 35.7. The molecule has 0 N–H and O–H groups in total. The molecule has 2 aliphatic rings. The third-order valence-electron chi connectivity index (χ3n) is 5.24. The molecule has 0 saturated heterocycles. The van der Waals surface area contributed by atoms with E-state index in [9.17, 15) is 14.4 Å². The number of hydrogen-bond donors (Lipinski definition) is 0. The number of carbonyl (C=O) groups is 3. The van der Waals surface area contributed by atoms with E-state index in [-0.39, 0.29) is 28.9 Å². The van der Waals surface area contributed by atoms with Gasteiger partial charge in [0.1, 0.15) is 11.6 Å². The van der Waals surface area contributed by atoms with Gasteiger partial charge in [-0.15, -0.1) is 0 Å². The number of ketones is 2. The zero-order chi connectivity index (χ0) is 15.0. The maximum atomic E-state index is 12.4. The molecule has 2 atom stereocenters. The maximum Gasteiger partial charge on any atom is 0.306 e. The molecule has 0 radical (unpaired) electrons. The molecule has 0 unspecified atom stereocenters. The minimum atomic E-state index is -0.423. The summed E-state index contributed by atoms with van der Waals surface area (Å²) in [6.45, 7) is 4.04. The zero-order valence-corrected chi connectivity index (χ0v) is 12.7. The first kappa shape index (κ1) is 15.2. The van der Waals surface area contributed by atoms with E-state index >= 15 is 0 Å². The highest BCUT2D eigenvalue weighted by molar-refractivity contribution is 5.93. The number of rotatable bonds is 3. The number of carbonyl (C=O) groups excluding carboxylic acids is 3. The third kappa shape index (κ3) is 2.79. The van der Waals surface area contributed by atoms with Gasteiger partial charge in [-0.1, -0.05) is 13.8 Å². The van der Waals surface area contributed by atoms with Crippen LogP contribution in [0.3, 0.4) is 0 Å². The van der Waals surface area contributed by atoms with Crippen molar-refractivity contribution in [3.05, 3.63) is 0 Å². The van der Waals surface area contributed by atoms with Gasteiger partial charge in [0.05, 0.1) is 13.5 Å². The molecule has 0 bridgehead atoms. The summed E-state index contributed by atoms with van der Waals surface area (Å²) in [5.74, 6) is 0.382. The molecule has 112 valence electrons. The second-order valence-corrected chi connectivity index (χ2v) is 7.12. The summed E-state index contributed by atoms with van der Waals surface area (Å²) in [7, 11) is 1.39. The van der Waals surface area contributed by atoms with E-state index < -0.39 is 5.41 Å². The monoisotopic (exact) mass is 280 g/mol. The van der Waals surface area contributed by atoms with Gasteiger partial charge in [0.15, 0.2) is 0 Å². The Hall–Kier alpha value is -1.19. The molecule has 4 heteroatoms. The van der Waals surface area contributed by atoms with Crippen LogP contribution in [0.15, 0.2) is 0 Å². The largest absolute Gasteiger partial charge is 0.469 e. The molecule has 0 heterocycles. The number of hydrogen-bond acceptors (Lipinski definition) is 4. The highest BCUT2D eigenvalue weighted by Gasteiger charge is 2.52. The van der Waals surface area contributed by atoms with Crippen LogP contribution in [-0.4, -0.2) is 24.6 Å². The van der Waals surface area contributed by atoms with E-state index in [1.165, 1.54) is 7.11 Å². The van der Waals surface area contributed by atoms with Crippen LogP contribution in [0, 0.1) is 16.7 Å². The average Bonchev–Trinajstić information content (AvgIpc) is 2.66. The van der Waals surface area contributed by atoms with Gasteiger partial charge >= 0.3 is 5.97 Å². The molecule has 2 fully saturated rings. The van der Waals surface area contributed by atoms with Gasteiger partial charge in [-0.3, -0.25) is 14.4 Å². The van der Waals surface area contributed by atoms with Crippen molar-refractivity contribution in [3.8, 4) is 0 Å². The highest BCUT2D eigenvalue weighted by atomic mass is 16.5. The average molecular weight is 280 g/mol. The SMILES string of the molecule is COC(=O)CC(C)(C)[C@@H]1CC(=O)[C@]2(CCCC(=O)C2)C1. The highest BCUT2D eigenvalue weighted by Crippen LogP contribution is 2.53. The topological polar surface area (TPSA) is 60.4 Å². The lowest BCUT2D eigenvalue weighted by Crippen LogP contribution is -2.33. The van der Waals surface area contributed by atoms with Crippen molar-refractivity contribution in [2.75, 3.05) is 7.11 Å². The molecule has 20 heavy (non-hydrogen) atoms. The lowest BCUT2D eigenvalue weighted by atomic mass is 9.68. The maximum absolute atomic E-state index is 12.4. The molecule has 0 aromatic rings. The van der Waals surface area contributed by atoms with Crippen molar-refractivity contribution in [2.45, 2.75) is 58.8 Å². The molecular formula is C16H24O4. The molecule has 0 aliphatic heterocycles. The van der Waals surface area contributed by atoms with Crippen LogP contribution in [0.5, 0.6) is 0 Å². The predicted octanol–water partition coefficient (Wildman–Crippen LogP) is 2.68. The van der Waals surface area contributed by atoms with Crippen LogP contribution in [0.1, 0.15) is 58.8 Å². The first-order valence-electron chi connectivity index (χ1n) is 7.41. The molecular weight excluding hydrogens is 256 g/mol. The predicted molar refractivity (Wildman–Crippen MR) is 74.1 cm³/mol. The molecule has 1 spiro atoms. The summed E-state index contributed by atoms with van der Waals surface area (Å²) < 4.78 is 4.75. The smallest absolute Gasteiger partial charge is 0.306 e. The first-order valence-corrected chi connectivity index (χ1v) is 7.41. The second kappa shape index (κ2) is 5.30. The van der Waals surface area contributed by atoms with E-state index in [4.69, 9.17) is 4.74 Å². The minimum Gasteiger partial charge on any atom is -0.469 e. The Morgan fingerprint density at radius 2 is 2.10 bits per heavy atom. The Balaban J connectivity index is 2.11. The fraction of sp³-hybridized carbons (Fsp3) is 0.812. The fourth-order valence-electron chi connectivity index (χ4n) is 3.83. The fourth-order valence-corrected chi connectivity index (χ4v) is 3.83. The molecule has 0 amide bonds. The van der Waals surface area contributed by atoms with Crippen molar-refractivity contribution in [1.29, 1.82) is 0 Å². The molecule has 4 nitrogen and oxygen atoms in total. The van der Waals surface area contributed by atoms with E-state index in [0.717, 1.165) is 19.3 Å². The van der Waals surface area contributed by atoms with Crippen LogP contribution in [0.25, 0.3) is 0 Å². The van der Waals surface area contributed by atoms with Gasteiger partial charge in [-0.05, 0) is 30.6 Å². The third-order valence-corrected chi connectivity index (χ3v) is 5.24. The van der Waals surface area contributed by atoms with Gasteiger partial charge < -0.3 is 4.74 Å². The number of methoxy groups -OCH3 is 1. The van der Waals surface area contributed by atoms with E-state index in [0.29, 0.717) is 25.7 Å². The Labute approximate surface area is 120 Å². The standard InChI is InChI=1S/C16H24O4/c1-15(2,10-14(19)20-3)11-7-13(18)16(8-11)6-4-5-12(17)9-16/h11H,4-10H2,1-3H3/t11-,16-/m1/s1. The second-order valence-electron chi connectivity index (χ2n) is 7.12. The van der Waals surface area contributed by atoms with Gasteiger partial charge in [0, 0.05) is 24.7 Å². The van der Waals surface area contributed by atoms with Crippen molar-refractivity contribution >= 4 is 17.5 Å². The van der Waals surface area contributed by atoms with Crippen LogP contribution in [-0.2, 0) is 19.1 Å². The van der Waals surface area contributed by atoms with Gasteiger partial charge in [-0.2, -0.15) is 0 Å². The zero-order valence-electron chi connectivity index (χ0n) is 12.7. The Bertz CT molecular complexity index is 438. The Morgan fingerprint density at radius 3 is 2.70 bits per heavy atom. The molecule has 0 aromatic carbocycles. The Morgan fingerprint density at radius 1 is 1.40 bits per heavy atom. The summed E-state index contributed by atoms with van der Waals surface area (Å²) >= 11 is 0. The summed E-state index contributed by atoms with van der Waals surface area (Å²) in [5, 5.41) is 0. The van der Waals surface area contributed by atoms with Crippen molar-refractivity contribution in [3.63, 3.8) is 0 Å². The van der Waals surface area contributed by atoms with Gasteiger partial charge in [0.25, 0.3) is 0 Å². The van der Waals surface area contributed by atoms with Crippen LogP contribution >= 0.6 is 0 Å². The van der Waals surface area contributed by atoms with Crippen LogP contribution in [0.4, 0.5) is 0 Å². The van der Waals surface area contributed by atoms with Crippen LogP contribution in [0.2, 0.25) is 0 Å². The molecule has 2 aliphatic carbocycles. The Kier molecular flexibility index (Phi) is 4.03. The quantitative estimate of drug-likeness (QED) is 0.746. The number of esters is 1. The lowest BCUT2D eigenvalue weighted by molar-refractivity contribution is -0.144. The molecule has 2 rings (SSSR count). The van der Waals surface area contributed by atoms with Crippen molar-refractivity contribution < 1.29 is 19.1 Å².